The fourth-order valence-electron chi connectivity index (χ4n) is 8.04. The zero-order valence-corrected chi connectivity index (χ0v) is 24.3. The van der Waals surface area contributed by atoms with Gasteiger partial charge in [-0.15, -0.1) is 11.8 Å². The SMILES string of the molecule is Cc1cccc(COc2ccccc2[C@@H]2c3sc(=O)[nH]c3S[C@@H]3[C@@H]4C[C@@H]([C@@H]5C(=O)N(c6ccc(F)cc6)C(=O)[C@@H]45)[C@@H]23)c1. The van der Waals surface area contributed by atoms with Crippen LogP contribution in [0.5, 0.6) is 5.75 Å². The average molecular weight is 599 g/mol. The maximum atomic E-state index is 13.9. The molecule has 3 fully saturated rings. The molecule has 212 valence electrons. The van der Waals surface area contributed by atoms with Gasteiger partial charge in [-0.25, -0.2) is 4.39 Å². The lowest BCUT2D eigenvalue weighted by atomic mass is 9.68. The minimum absolute atomic E-state index is 0.0105. The van der Waals surface area contributed by atoms with E-state index in [2.05, 4.69) is 30.1 Å². The molecule has 9 heteroatoms. The van der Waals surface area contributed by atoms with Gasteiger partial charge >= 0.3 is 4.87 Å². The van der Waals surface area contributed by atoms with Crippen molar-refractivity contribution in [1.82, 2.24) is 4.98 Å². The second kappa shape index (κ2) is 9.67. The molecule has 0 unspecified atom stereocenters. The first-order valence-corrected chi connectivity index (χ1v) is 15.9. The van der Waals surface area contributed by atoms with Gasteiger partial charge in [-0.05, 0) is 67.0 Å². The number of thioether (sulfide) groups is 1. The highest BCUT2D eigenvalue weighted by Gasteiger charge is 2.69. The van der Waals surface area contributed by atoms with Crippen LogP contribution in [0.25, 0.3) is 0 Å². The smallest absolute Gasteiger partial charge is 0.305 e. The highest BCUT2D eigenvalue weighted by atomic mass is 32.2. The molecule has 1 N–H and O–H groups in total. The van der Waals surface area contributed by atoms with Gasteiger partial charge in [-0.2, -0.15) is 0 Å². The van der Waals surface area contributed by atoms with E-state index in [1.165, 1.54) is 46.1 Å². The van der Waals surface area contributed by atoms with Crippen molar-refractivity contribution in [3.63, 3.8) is 0 Å². The number of thiazole rings is 1. The van der Waals surface area contributed by atoms with E-state index in [0.29, 0.717) is 12.3 Å². The number of aryl methyl sites for hydroxylation is 1. The van der Waals surface area contributed by atoms with Crippen LogP contribution in [-0.4, -0.2) is 22.0 Å². The number of carbonyl (C=O) groups is 2. The van der Waals surface area contributed by atoms with Crippen LogP contribution in [0.15, 0.2) is 82.6 Å². The molecule has 1 saturated heterocycles. The van der Waals surface area contributed by atoms with Crippen molar-refractivity contribution >= 4 is 40.6 Å². The van der Waals surface area contributed by atoms with Gasteiger partial charge in [0.2, 0.25) is 11.8 Å². The minimum Gasteiger partial charge on any atom is -0.489 e. The van der Waals surface area contributed by atoms with Crippen LogP contribution in [0.4, 0.5) is 10.1 Å². The molecule has 2 aliphatic heterocycles. The molecule has 6 nitrogen and oxygen atoms in total. The van der Waals surface area contributed by atoms with Gasteiger partial charge < -0.3 is 9.72 Å². The molecule has 2 saturated carbocycles. The molecule has 8 rings (SSSR count). The number of para-hydroxylation sites is 1. The molecule has 0 radical (unpaired) electrons. The first-order valence-electron chi connectivity index (χ1n) is 14.2. The van der Waals surface area contributed by atoms with E-state index in [-0.39, 0.29) is 45.6 Å². The Morgan fingerprint density at radius 2 is 1.71 bits per heavy atom. The first-order chi connectivity index (χ1) is 20.4. The Balaban J connectivity index is 1.18. The first kappa shape index (κ1) is 26.0. The number of rotatable bonds is 5. The Morgan fingerprint density at radius 1 is 0.952 bits per heavy atom. The van der Waals surface area contributed by atoms with Gasteiger partial charge in [0, 0.05) is 21.6 Å². The lowest BCUT2D eigenvalue weighted by Crippen LogP contribution is -2.42. The molecule has 4 aliphatic rings. The van der Waals surface area contributed by atoms with Gasteiger partial charge in [0.1, 0.15) is 18.2 Å². The quantitative estimate of drug-likeness (QED) is 0.279. The number of nitrogens with one attached hydrogen (secondary N) is 1. The second-order valence-corrected chi connectivity index (χ2v) is 14.0. The number of carbonyl (C=O) groups excluding carboxylic acids is 2. The molecule has 42 heavy (non-hydrogen) atoms. The molecule has 2 aliphatic carbocycles. The maximum absolute atomic E-state index is 13.9. The van der Waals surface area contributed by atoms with Crippen LogP contribution >= 0.6 is 23.1 Å². The van der Waals surface area contributed by atoms with Gasteiger partial charge in [-0.1, -0.05) is 59.4 Å². The number of ether oxygens (including phenoxy) is 1. The predicted molar refractivity (Wildman–Crippen MR) is 159 cm³/mol. The number of aromatic amines is 1. The van der Waals surface area contributed by atoms with Gasteiger partial charge in [-0.3, -0.25) is 19.3 Å². The number of amides is 2. The van der Waals surface area contributed by atoms with Crippen molar-refractivity contribution in [3.05, 3.63) is 110 Å². The summed E-state index contributed by atoms with van der Waals surface area (Å²) in [5.41, 5.74) is 3.67. The van der Waals surface area contributed by atoms with Crippen molar-refractivity contribution in [2.75, 3.05) is 4.90 Å². The fraction of sp³-hybridized carbons (Fsp3) is 0.303. The summed E-state index contributed by atoms with van der Waals surface area (Å²) in [6.45, 7) is 2.47. The molecular weight excluding hydrogens is 572 g/mol. The maximum Gasteiger partial charge on any atom is 0.305 e. The third kappa shape index (κ3) is 3.86. The predicted octanol–water partition coefficient (Wildman–Crippen LogP) is 6.14. The average Bonchev–Trinajstić information content (AvgIpc) is 3.72. The summed E-state index contributed by atoms with van der Waals surface area (Å²) in [7, 11) is 0. The Kier molecular flexibility index (Phi) is 5.98. The number of fused-ring (bicyclic) bond motifs is 9. The van der Waals surface area contributed by atoms with Crippen LogP contribution in [-0.2, 0) is 16.2 Å². The van der Waals surface area contributed by atoms with Crippen LogP contribution in [0.2, 0.25) is 0 Å². The van der Waals surface area contributed by atoms with Crippen LogP contribution in [0, 0.1) is 42.3 Å². The third-order valence-corrected chi connectivity index (χ3v) is 12.1. The van der Waals surface area contributed by atoms with E-state index < -0.39 is 17.7 Å². The zero-order valence-electron chi connectivity index (χ0n) is 22.7. The van der Waals surface area contributed by atoms with E-state index in [0.717, 1.165) is 33.2 Å². The Bertz CT molecular complexity index is 1800. The monoisotopic (exact) mass is 598 g/mol. The number of aromatic nitrogens is 1. The van der Waals surface area contributed by atoms with Crippen molar-refractivity contribution in [2.24, 2.45) is 29.6 Å². The normalized spacial score (nSPS) is 29.0. The Morgan fingerprint density at radius 3 is 2.50 bits per heavy atom. The number of anilines is 1. The van der Waals surface area contributed by atoms with Crippen LogP contribution in [0.3, 0.4) is 0 Å². The van der Waals surface area contributed by atoms with Crippen molar-refractivity contribution in [2.45, 2.75) is 36.1 Å². The fourth-order valence-corrected chi connectivity index (χ4v) is 10.9. The molecular formula is C33H27FN2O4S2. The standard InChI is InChI=1S/C33H27FN2O4S2/c1-16-5-4-6-17(13-16)15-40-23-8-3-2-7-20(23)24-25-21-14-22(28(25)41-30-29(24)42-33(39)35-30)27-26(21)31(37)36(32(27)38)19-11-9-18(34)10-12-19/h2-13,21-22,24-28H,14-15H2,1H3,(H,35,39)/t21-,22-,24+,25+,26+,27+,28-/m1/s1. The minimum atomic E-state index is -0.422. The topological polar surface area (TPSA) is 79.5 Å². The van der Waals surface area contributed by atoms with E-state index in [1.54, 1.807) is 11.8 Å². The third-order valence-electron chi connectivity index (χ3n) is 9.54. The highest BCUT2D eigenvalue weighted by molar-refractivity contribution is 8.00. The molecule has 7 atom stereocenters. The summed E-state index contributed by atoms with van der Waals surface area (Å²) in [6.07, 6.45) is 0.800. The zero-order chi connectivity index (χ0) is 28.7. The summed E-state index contributed by atoms with van der Waals surface area (Å²) >= 11 is 2.90. The number of H-pyrrole nitrogens is 1. The highest BCUT2D eigenvalue weighted by Crippen LogP contribution is 2.69. The van der Waals surface area contributed by atoms with E-state index in [4.69, 9.17) is 4.74 Å². The van der Waals surface area contributed by atoms with Crippen molar-refractivity contribution in [1.29, 1.82) is 0 Å². The molecule has 0 spiro atoms. The number of nitrogens with zero attached hydrogens (tertiary/aromatic N) is 1. The molecule has 3 aromatic carbocycles. The molecule has 1 aromatic heterocycles. The number of halogens is 1. The number of benzene rings is 3. The van der Waals surface area contributed by atoms with E-state index >= 15 is 0 Å². The summed E-state index contributed by atoms with van der Waals surface area (Å²) < 4.78 is 20.1. The number of hydrogen-bond donors (Lipinski definition) is 1. The number of hydrogen-bond acceptors (Lipinski definition) is 6. The Hall–Kier alpha value is -3.69. The largest absolute Gasteiger partial charge is 0.489 e. The van der Waals surface area contributed by atoms with E-state index in [9.17, 15) is 18.8 Å². The second-order valence-electron chi connectivity index (χ2n) is 11.8. The van der Waals surface area contributed by atoms with Gasteiger partial charge in [0.15, 0.2) is 0 Å². The van der Waals surface area contributed by atoms with Gasteiger partial charge in [0.05, 0.1) is 22.5 Å². The van der Waals surface area contributed by atoms with Gasteiger partial charge in [0.25, 0.3) is 0 Å². The summed E-state index contributed by atoms with van der Waals surface area (Å²) in [5.74, 6) is -0.924. The summed E-state index contributed by atoms with van der Waals surface area (Å²) in [4.78, 5) is 45.6. The lowest BCUT2D eigenvalue weighted by Gasteiger charge is -2.43. The molecule has 3 heterocycles. The lowest BCUT2D eigenvalue weighted by molar-refractivity contribution is -0.123. The van der Waals surface area contributed by atoms with Crippen LogP contribution in [0.1, 0.15) is 33.9 Å². The molecule has 4 aromatic rings. The Labute approximate surface area is 249 Å². The summed E-state index contributed by atoms with van der Waals surface area (Å²) in [5, 5.41) is 0.940. The number of imide groups is 1. The summed E-state index contributed by atoms with van der Waals surface area (Å²) in [6, 6.07) is 21.8. The van der Waals surface area contributed by atoms with E-state index in [1.807, 2.05) is 30.3 Å². The van der Waals surface area contributed by atoms with Crippen molar-refractivity contribution < 1.29 is 18.7 Å². The van der Waals surface area contributed by atoms with Crippen LogP contribution < -0.4 is 14.5 Å². The van der Waals surface area contributed by atoms with Crippen molar-refractivity contribution in [3.8, 4) is 5.75 Å². The molecule has 2 amide bonds. The molecule has 2 bridgehead atoms.